The van der Waals surface area contributed by atoms with Crippen molar-refractivity contribution in [3.05, 3.63) is 35.6 Å². The van der Waals surface area contributed by atoms with E-state index in [0.29, 0.717) is 25.2 Å². The summed E-state index contributed by atoms with van der Waals surface area (Å²) in [6.07, 6.45) is 0. The Morgan fingerprint density at radius 1 is 1.19 bits per heavy atom. The van der Waals surface area contributed by atoms with Gasteiger partial charge < -0.3 is 15.5 Å². The zero-order valence-electron chi connectivity index (χ0n) is 12.9. The molecule has 1 aromatic carbocycles. The monoisotopic (exact) mass is 298 g/mol. The van der Waals surface area contributed by atoms with Gasteiger partial charge in [-0.2, -0.15) is 0 Å². The van der Waals surface area contributed by atoms with Gasteiger partial charge in [0.2, 0.25) is 0 Å². The van der Waals surface area contributed by atoms with Gasteiger partial charge in [0.05, 0.1) is 13.2 Å². The number of nitrogens with one attached hydrogen (secondary N) is 1. The predicted molar refractivity (Wildman–Crippen MR) is 82.6 cm³/mol. The van der Waals surface area contributed by atoms with Crippen LogP contribution >= 0.6 is 0 Å². The molecule has 1 aromatic rings. The first kappa shape index (κ1) is 18.0. The number of hydrogen-bond donors (Lipinski definition) is 3. The minimum atomic E-state index is -0.203. The molecule has 0 bridgehead atoms. The first-order valence-corrected chi connectivity index (χ1v) is 7.55. The van der Waals surface area contributed by atoms with E-state index < -0.39 is 0 Å². The maximum absolute atomic E-state index is 14.0. The highest BCUT2D eigenvalue weighted by atomic mass is 19.1. The predicted octanol–water partition coefficient (Wildman–Crippen LogP) is 1.40. The molecule has 0 saturated heterocycles. The highest BCUT2D eigenvalue weighted by molar-refractivity contribution is 5.22. The van der Waals surface area contributed by atoms with Crippen LogP contribution in [0, 0.1) is 11.7 Å². The number of aliphatic hydroxyl groups excluding tert-OH is 2. The number of aliphatic hydroxyl groups is 2. The first-order valence-electron chi connectivity index (χ1n) is 7.55. The Hall–Kier alpha value is -1.01. The molecule has 4 nitrogen and oxygen atoms in total. The van der Waals surface area contributed by atoms with Crippen LogP contribution in [0.5, 0.6) is 0 Å². The van der Waals surface area contributed by atoms with Crippen LogP contribution in [0.1, 0.15) is 25.5 Å². The van der Waals surface area contributed by atoms with Gasteiger partial charge in [-0.25, -0.2) is 4.39 Å². The van der Waals surface area contributed by atoms with Crippen LogP contribution in [-0.2, 0) is 0 Å². The Morgan fingerprint density at radius 3 is 2.33 bits per heavy atom. The van der Waals surface area contributed by atoms with Gasteiger partial charge in [-0.05, 0) is 18.5 Å². The Kier molecular flexibility index (Phi) is 8.45. The smallest absolute Gasteiger partial charge is 0.127 e. The van der Waals surface area contributed by atoms with Crippen LogP contribution in [-0.4, -0.2) is 54.5 Å². The third-order valence-electron chi connectivity index (χ3n) is 3.61. The molecular formula is C16H27FN2O2. The lowest BCUT2D eigenvalue weighted by Crippen LogP contribution is -2.38. The Labute approximate surface area is 126 Å². The first-order chi connectivity index (χ1) is 10.1. The minimum Gasteiger partial charge on any atom is -0.395 e. The standard InChI is InChI=1S/C16H27FN2O2/c1-3-18-16(14-6-4-5-7-15(14)17)13(2)12-19(8-10-20)9-11-21/h4-7,13,16,18,20-21H,3,8-12H2,1-2H3. The van der Waals surface area contributed by atoms with Crippen LogP contribution in [0.25, 0.3) is 0 Å². The average Bonchev–Trinajstić information content (AvgIpc) is 2.46. The largest absolute Gasteiger partial charge is 0.395 e. The van der Waals surface area contributed by atoms with Gasteiger partial charge in [-0.1, -0.05) is 32.0 Å². The lowest BCUT2D eigenvalue weighted by molar-refractivity contribution is 0.137. The molecule has 0 amide bonds. The van der Waals surface area contributed by atoms with Gasteiger partial charge in [0.25, 0.3) is 0 Å². The van der Waals surface area contributed by atoms with Crippen molar-refractivity contribution < 1.29 is 14.6 Å². The summed E-state index contributed by atoms with van der Waals surface area (Å²) in [6.45, 7) is 6.64. The molecule has 0 aromatic heterocycles. The molecule has 21 heavy (non-hydrogen) atoms. The third-order valence-corrected chi connectivity index (χ3v) is 3.61. The summed E-state index contributed by atoms with van der Waals surface area (Å²) in [5.74, 6) is -0.0499. The molecular weight excluding hydrogens is 271 g/mol. The van der Waals surface area contributed by atoms with E-state index in [1.807, 2.05) is 24.0 Å². The van der Waals surface area contributed by atoms with E-state index in [9.17, 15) is 4.39 Å². The highest BCUT2D eigenvalue weighted by Crippen LogP contribution is 2.25. The molecule has 2 atom stereocenters. The summed E-state index contributed by atoms with van der Waals surface area (Å²) in [4.78, 5) is 2.00. The van der Waals surface area contributed by atoms with Crippen molar-refractivity contribution in [2.45, 2.75) is 19.9 Å². The SMILES string of the molecule is CCNC(c1ccccc1F)C(C)CN(CCO)CCO. The van der Waals surface area contributed by atoms with E-state index in [4.69, 9.17) is 10.2 Å². The summed E-state index contributed by atoms with van der Waals surface area (Å²) in [7, 11) is 0. The Morgan fingerprint density at radius 2 is 1.81 bits per heavy atom. The Balaban J connectivity index is 2.81. The van der Waals surface area contributed by atoms with Crippen LogP contribution in [0.4, 0.5) is 4.39 Å². The lowest BCUT2D eigenvalue weighted by Gasteiger charge is -2.30. The number of hydrogen-bond acceptors (Lipinski definition) is 4. The molecule has 0 radical (unpaired) electrons. The number of halogens is 1. The highest BCUT2D eigenvalue weighted by Gasteiger charge is 2.23. The second-order valence-corrected chi connectivity index (χ2v) is 5.28. The number of rotatable bonds is 10. The molecule has 0 fully saturated rings. The summed E-state index contributed by atoms with van der Waals surface area (Å²) in [6, 6.07) is 6.73. The number of nitrogens with zero attached hydrogens (tertiary/aromatic N) is 1. The van der Waals surface area contributed by atoms with Crippen LogP contribution in [0.3, 0.4) is 0 Å². The van der Waals surface area contributed by atoms with Gasteiger partial charge in [0.15, 0.2) is 0 Å². The van der Waals surface area contributed by atoms with Gasteiger partial charge in [-0.3, -0.25) is 4.90 Å². The second kappa shape index (κ2) is 9.84. The average molecular weight is 298 g/mol. The lowest BCUT2D eigenvalue weighted by atomic mass is 9.93. The normalized spacial score (nSPS) is 14.4. The fourth-order valence-corrected chi connectivity index (χ4v) is 2.65. The van der Waals surface area contributed by atoms with E-state index in [1.165, 1.54) is 6.07 Å². The van der Waals surface area contributed by atoms with Crippen LogP contribution in [0.2, 0.25) is 0 Å². The molecule has 0 spiro atoms. The number of benzene rings is 1. The van der Waals surface area contributed by atoms with Crippen molar-refractivity contribution in [1.29, 1.82) is 0 Å². The second-order valence-electron chi connectivity index (χ2n) is 5.28. The summed E-state index contributed by atoms with van der Waals surface area (Å²) in [5.41, 5.74) is 0.666. The van der Waals surface area contributed by atoms with E-state index in [1.54, 1.807) is 6.07 Å². The van der Waals surface area contributed by atoms with Crippen molar-refractivity contribution in [2.24, 2.45) is 5.92 Å². The van der Waals surface area contributed by atoms with E-state index >= 15 is 0 Å². The quantitative estimate of drug-likeness (QED) is 0.611. The fourth-order valence-electron chi connectivity index (χ4n) is 2.65. The zero-order valence-corrected chi connectivity index (χ0v) is 12.9. The molecule has 0 heterocycles. The zero-order chi connectivity index (χ0) is 15.7. The molecule has 1 rings (SSSR count). The van der Waals surface area contributed by atoms with Crippen molar-refractivity contribution in [3.8, 4) is 0 Å². The summed E-state index contributed by atoms with van der Waals surface area (Å²) >= 11 is 0. The van der Waals surface area contributed by atoms with Crippen molar-refractivity contribution in [2.75, 3.05) is 39.4 Å². The van der Waals surface area contributed by atoms with Gasteiger partial charge in [0.1, 0.15) is 5.82 Å². The van der Waals surface area contributed by atoms with E-state index in [2.05, 4.69) is 12.2 Å². The maximum Gasteiger partial charge on any atom is 0.127 e. The molecule has 0 aliphatic rings. The molecule has 3 N–H and O–H groups in total. The van der Waals surface area contributed by atoms with Gasteiger partial charge in [0, 0.05) is 31.2 Å². The molecule has 0 aliphatic heterocycles. The fraction of sp³-hybridized carbons (Fsp3) is 0.625. The van der Waals surface area contributed by atoms with Gasteiger partial charge >= 0.3 is 0 Å². The van der Waals surface area contributed by atoms with E-state index in [-0.39, 0.29) is 31.0 Å². The molecule has 0 saturated carbocycles. The van der Waals surface area contributed by atoms with Crippen molar-refractivity contribution >= 4 is 0 Å². The van der Waals surface area contributed by atoms with Crippen molar-refractivity contribution in [1.82, 2.24) is 10.2 Å². The summed E-state index contributed by atoms with van der Waals surface area (Å²) in [5, 5.41) is 21.5. The van der Waals surface area contributed by atoms with Gasteiger partial charge in [-0.15, -0.1) is 0 Å². The van der Waals surface area contributed by atoms with Crippen molar-refractivity contribution in [3.63, 3.8) is 0 Å². The molecule has 5 heteroatoms. The maximum atomic E-state index is 14.0. The molecule has 120 valence electrons. The third kappa shape index (κ3) is 5.71. The molecule has 0 aliphatic carbocycles. The van der Waals surface area contributed by atoms with Crippen LogP contribution in [0.15, 0.2) is 24.3 Å². The Bertz CT molecular complexity index is 398. The van der Waals surface area contributed by atoms with E-state index in [0.717, 1.165) is 6.54 Å². The topological polar surface area (TPSA) is 55.7 Å². The summed E-state index contributed by atoms with van der Waals surface area (Å²) < 4.78 is 14.0. The molecule has 2 unspecified atom stereocenters. The minimum absolute atomic E-state index is 0.0539. The van der Waals surface area contributed by atoms with Crippen LogP contribution < -0.4 is 5.32 Å².